The van der Waals surface area contributed by atoms with Gasteiger partial charge in [-0.3, -0.25) is 4.79 Å². The van der Waals surface area contributed by atoms with Crippen LogP contribution in [0.2, 0.25) is 0 Å². The van der Waals surface area contributed by atoms with Gasteiger partial charge in [0.2, 0.25) is 0 Å². The molecule has 25 heavy (non-hydrogen) atoms. The second-order valence-corrected chi connectivity index (χ2v) is 5.73. The molecule has 0 saturated carbocycles. The van der Waals surface area contributed by atoms with Gasteiger partial charge >= 0.3 is 0 Å². The summed E-state index contributed by atoms with van der Waals surface area (Å²) in [5.41, 5.74) is 3.11. The summed E-state index contributed by atoms with van der Waals surface area (Å²) in [6.07, 6.45) is 1.31. The van der Waals surface area contributed by atoms with Crippen LogP contribution in [0, 0.1) is 0 Å². The maximum atomic E-state index is 12.1. The number of nitrogens with zero attached hydrogens (tertiary/aromatic N) is 1. The Morgan fingerprint density at radius 3 is 2.76 bits per heavy atom. The normalized spacial score (nSPS) is 11.0. The molecular weight excluding hydrogens is 352 g/mol. The number of alkyl halides is 2. The number of amides is 1. The molecule has 0 aliphatic carbocycles. The molecule has 1 aromatic carbocycles. The Morgan fingerprint density at radius 1 is 1.32 bits per heavy atom. The van der Waals surface area contributed by atoms with Crippen molar-refractivity contribution in [2.24, 2.45) is 5.10 Å². The number of hydrazone groups is 1. The van der Waals surface area contributed by atoms with E-state index in [0.29, 0.717) is 23.3 Å². The summed E-state index contributed by atoms with van der Waals surface area (Å²) in [5.74, 6) is -1.20. The van der Waals surface area contributed by atoms with E-state index in [-0.39, 0.29) is 18.2 Å². The summed E-state index contributed by atoms with van der Waals surface area (Å²) in [5, 5.41) is 6.69. The predicted molar refractivity (Wildman–Crippen MR) is 93.2 cm³/mol. The largest absolute Gasteiger partial charge is 0.497 e. The van der Waals surface area contributed by atoms with Gasteiger partial charge in [-0.2, -0.15) is 13.9 Å². The number of anilines is 1. The van der Waals surface area contributed by atoms with Gasteiger partial charge in [-0.15, -0.1) is 0 Å². The summed E-state index contributed by atoms with van der Waals surface area (Å²) in [6, 6.07) is 10.3. The molecule has 0 aliphatic heterocycles. The van der Waals surface area contributed by atoms with Gasteiger partial charge in [-0.25, -0.2) is 5.43 Å². The van der Waals surface area contributed by atoms with Crippen LogP contribution in [0.15, 0.2) is 45.9 Å². The van der Waals surface area contributed by atoms with Crippen molar-refractivity contribution in [3.8, 4) is 5.75 Å². The number of rotatable bonds is 9. The zero-order valence-corrected chi connectivity index (χ0v) is 14.2. The number of hydrogen-bond acceptors (Lipinski definition) is 6. The van der Waals surface area contributed by atoms with E-state index in [0.717, 1.165) is 11.4 Å². The first-order chi connectivity index (χ1) is 12.1. The van der Waals surface area contributed by atoms with Crippen molar-refractivity contribution < 1.29 is 22.7 Å². The lowest BCUT2D eigenvalue weighted by molar-refractivity contribution is -0.119. The third kappa shape index (κ3) is 6.84. The van der Waals surface area contributed by atoms with Crippen molar-refractivity contribution in [1.82, 2.24) is 5.43 Å². The van der Waals surface area contributed by atoms with Gasteiger partial charge in [0, 0.05) is 5.69 Å². The molecule has 0 aliphatic rings. The first kappa shape index (κ1) is 18.8. The van der Waals surface area contributed by atoms with Gasteiger partial charge in [0.25, 0.3) is 11.7 Å². The zero-order chi connectivity index (χ0) is 18.1. The minimum Gasteiger partial charge on any atom is -0.497 e. The van der Waals surface area contributed by atoms with Crippen LogP contribution in [0.3, 0.4) is 0 Å². The highest BCUT2D eigenvalue weighted by atomic mass is 32.2. The number of furan rings is 1. The maximum absolute atomic E-state index is 12.1. The molecule has 9 heteroatoms. The van der Waals surface area contributed by atoms with Crippen molar-refractivity contribution in [1.29, 1.82) is 0 Å². The summed E-state index contributed by atoms with van der Waals surface area (Å²) < 4.78 is 34.5. The molecule has 2 N–H and O–H groups in total. The van der Waals surface area contributed by atoms with Gasteiger partial charge in [0.05, 0.1) is 25.6 Å². The molecular formula is C16H17F2N3O3S. The number of ether oxygens (including phenoxy) is 1. The van der Waals surface area contributed by atoms with Crippen LogP contribution in [0.4, 0.5) is 14.5 Å². The lowest BCUT2D eigenvalue weighted by Gasteiger charge is -2.06. The monoisotopic (exact) mass is 369 g/mol. The molecule has 0 fully saturated rings. The van der Waals surface area contributed by atoms with Crippen LogP contribution in [0.5, 0.6) is 5.75 Å². The first-order valence-electron chi connectivity index (χ1n) is 7.25. The molecule has 0 unspecified atom stereocenters. The molecule has 2 rings (SSSR count). The van der Waals surface area contributed by atoms with Gasteiger partial charge < -0.3 is 14.5 Å². The highest BCUT2D eigenvalue weighted by Crippen LogP contribution is 2.20. The van der Waals surface area contributed by atoms with Crippen LogP contribution in [0.1, 0.15) is 11.5 Å². The van der Waals surface area contributed by atoms with Crippen molar-refractivity contribution >= 4 is 29.6 Å². The topological polar surface area (TPSA) is 75.9 Å². The van der Waals surface area contributed by atoms with Gasteiger partial charge in [0.15, 0.2) is 0 Å². The maximum Gasteiger partial charge on any atom is 0.284 e. The van der Waals surface area contributed by atoms with E-state index in [4.69, 9.17) is 9.15 Å². The lowest BCUT2D eigenvalue weighted by Crippen LogP contribution is -2.25. The van der Waals surface area contributed by atoms with E-state index in [9.17, 15) is 13.6 Å². The minimum atomic E-state index is -2.44. The Kier molecular flexibility index (Phi) is 7.27. The number of halogens is 2. The molecule has 2 aromatic rings. The third-order valence-electron chi connectivity index (χ3n) is 2.96. The van der Waals surface area contributed by atoms with Crippen molar-refractivity contribution in [2.45, 2.75) is 11.5 Å². The summed E-state index contributed by atoms with van der Waals surface area (Å²) >= 11 is 0.476. The van der Waals surface area contributed by atoms with Crippen LogP contribution in [0.25, 0.3) is 0 Å². The molecule has 0 spiro atoms. The molecule has 6 nitrogen and oxygen atoms in total. The second kappa shape index (κ2) is 9.67. The Balaban J connectivity index is 1.72. The number of hydrogen-bond donors (Lipinski definition) is 2. The molecule has 1 heterocycles. The van der Waals surface area contributed by atoms with Crippen molar-refractivity contribution in [3.05, 3.63) is 47.9 Å². The number of methoxy groups -OCH3 is 1. The number of carbonyl (C=O) groups excluding carboxylic acids is 1. The first-order valence-corrected chi connectivity index (χ1v) is 8.30. The van der Waals surface area contributed by atoms with Gasteiger partial charge in [0.1, 0.15) is 17.3 Å². The van der Waals surface area contributed by atoms with Crippen LogP contribution in [-0.4, -0.2) is 31.5 Å². The zero-order valence-electron chi connectivity index (χ0n) is 13.4. The van der Waals surface area contributed by atoms with E-state index < -0.39 is 5.76 Å². The minimum absolute atomic E-state index is 0.0398. The quantitative estimate of drug-likeness (QED) is 0.524. The summed E-state index contributed by atoms with van der Waals surface area (Å²) in [6.45, 7) is 0.0398. The molecule has 1 aromatic heterocycles. The number of carbonyl (C=O) groups is 1. The molecule has 0 atom stereocenters. The van der Waals surface area contributed by atoms with Crippen molar-refractivity contribution in [3.63, 3.8) is 0 Å². The summed E-state index contributed by atoms with van der Waals surface area (Å²) in [7, 11) is 1.58. The molecule has 0 saturated heterocycles. The predicted octanol–water partition coefficient (Wildman–Crippen LogP) is 3.31. The Labute approximate surface area is 147 Å². The fraction of sp³-hybridized carbons (Fsp3) is 0.250. The van der Waals surface area contributed by atoms with Crippen LogP contribution in [-0.2, 0) is 10.5 Å². The highest BCUT2D eigenvalue weighted by molar-refractivity contribution is 7.98. The highest BCUT2D eigenvalue weighted by Gasteiger charge is 2.06. The van der Waals surface area contributed by atoms with E-state index in [1.807, 2.05) is 0 Å². The average molecular weight is 369 g/mol. The standard InChI is InChI=1S/C16H17F2N3O3S/c1-23-12-4-2-11(3-5-12)19-9-15(22)21-20-8-13-6-7-14(24-13)10-25-16(17)18/h2-8,16,19H,9-10H2,1H3,(H,21,22)/b20-8-. The molecule has 0 bridgehead atoms. The van der Waals surface area contributed by atoms with Crippen molar-refractivity contribution in [2.75, 3.05) is 19.0 Å². The average Bonchev–Trinajstić information content (AvgIpc) is 3.06. The van der Waals surface area contributed by atoms with Crippen LogP contribution >= 0.6 is 11.8 Å². The second-order valence-electron chi connectivity index (χ2n) is 4.75. The number of nitrogens with one attached hydrogen (secondary N) is 2. The lowest BCUT2D eigenvalue weighted by atomic mass is 10.3. The molecule has 134 valence electrons. The van der Waals surface area contributed by atoms with E-state index in [1.165, 1.54) is 6.21 Å². The number of thioether (sulfide) groups is 1. The Morgan fingerprint density at radius 2 is 2.08 bits per heavy atom. The fourth-order valence-corrected chi connectivity index (χ4v) is 2.23. The van der Waals surface area contributed by atoms with E-state index in [1.54, 1.807) is 43.5 Å². The Bertz CT molecular complexity index is 705. The van der Waals surface area contributed by atoms with Crippen LogP contribution < -0.4 is 15.5 Å². The molecule has 1 amide bonds. The smallest absolute Gasteiger partial charge is 0.284 e. The molecule has 0 radical (unpaired) electrons. The third-order valence-corrected chi connectivity index (χ3v) is 3.66. The Hall–Kier alpha value is -2.55. The van der Waals surface area contributed by atoms with Gasteiger partial charge in [-0.1, -0.05) is 11.8 Å². The summed E-state index contributed by atoms with van der Waals surface area (Å²) in [4.78, 5) is 11.7. The van der Waals surface area contributed by atoms with E-state index >= 15 is 0 Å². The number of benzene rings is 1. The van der Waals surface area contributed by atoms with E-state index in [2.05, 4.69) is 15.8 Å². The SMILES string of the molecule is COc1ccc(NCC(=O)N/N=C\c2ccc(CSC(F)F)o2)cc1. The fourth-order valence-electron chi connectivity index (χ4n) is 1.79. The van der Waals surface area contributed by atoms with Gasteiger partial charge in [-0.05, 0) is 36.4 Å².